The third-order valence-corrected chi connectivity index (χ3v) is 6.01. The lowest BCUT2D eigenvalue weighted by atomic mass is 9.90. The predicted molar refractivity (Wildman–Crippen MR) is 103 cm³/mol. The first-order chi connectivity index (χ1) is 11.9. The molecule has 1 aliphatic rings. The summed E-state index contributed by atoms with van der Waals surface area (Å²) < 4.78 is 12.5. The molecule has 0 unspecified atom stereocenters. The lowest BCUT2D eigenvalue weighted by Crippen LogP contribution is -2.41. The van der Waals surface area contributed by atoms with Crippen molar-refractivity contribution in [3.63, 3.8) is 0 Å². The van der Waals surface area contributed by atoms with E-state index < -0.39 is 0 Å². The highest BCUT2D eigenvalue weighted by atomic mass is 16.7. The summed E-state index contributed by atoms with van der Waals surface area (Å²) in [4.78, 5) is 0. The van der Waals surface area contributed by atoms with Crippen molar-refractivity contribution in [2.45, 2.75) is 45.2 Å². The highest BCUT2D eigenvalue weighted by Crippen LogP contribution is 2.46. The molecular formula is C23H22O2. The van der Waals surface area contributed by atoms with Gasteiger partial charge in [-0.05, 0) is 72.1 Å². The molecule has 0 aliphatic carbocycles. The Bertz CT molecular complexity index is 1030. The fourth-order valence-corrected chi connectivity index (χ4v) is 3.89. The molecule has 2 nitrogen and oxygen atoms in total. The summed E-state index contributed by atoms with van der Waals surface area (Å²) in [6.45, 7) is 8.38. The summed E-state index contributed by atoms with van der Waals surface area (Å²) in [5.41, 5.74) is 0.441. The molecule has 2 heteroatoms. The Morgan fingerprint density at radius 3 is 1.60 bits per heavy atom. The second-order valence-electron chi connectivity index (χ2n) is 8.14. The van der Waals surface area contributed by atoms with Crippen molar-refractivity contribution in [3.8, 4) is 0 Å². The van der Waals surface area contributed by atoms with E-state index in [2.05, 4.69) is 82.3 Å². The summed E-state index contributed by atoms with van der Waals surface area (Å²) >= 11 is 0. The lowest BCUT2D eigenvalue weighted by Gasteiger charge is -2.30. The molecule has 1 aliphatic heterocycles. The Hall–Kier alpha value is -2.16. The second kappa shape index (κ2) is 4.72. The van der Waals surface area contributed by atoms with Crippen LogP contribution in [-0.2, 0) is 9.47 Å². The van der Waals surface area contributed by atoms with Gasteiger partial charge < -0.3 is 9.47 Å². The average Bonchev–Trinajstić information content (AvgIpc) is 2.80. The first kappa shape index (κ1) is 15.1. The molecule has 0 N–H and O–H groups in total. The number of benzene rings is 4. The Kier molecular flexibility index (Phi) is 2.85. The molecule has 0 amide bonds. The zero-order chi connectivity index (χ0) is 17.4. The molecule has 5 rings (SSSR count). The third kappa shape index (κ3) is 2.04. The summed E-state index contributed by atoms with van der Waals surface area (Å²) in [7, 11) is 0. The maximum absolute atomic E-state index is 6.26. The fraction of sp³-hybridized carbons (Fsp3) is 0.304. The van der Waals surface area contributed by atoms with Crippen LogP contribution >= 0.6 is 0 Å². The van der Waals surface area contributed by atoms with Gasteiger partial charge in [-0.2, -0.15) is 0 Å². The summed E-state index contributed by atoms with van der Waals surface area (Å²) in [6.07, 6.45) is -0.327. The maximum atomic E-state index is 6.26. The molecule has 0 radical (unpaired) electrons. The molecule has 0 atom stereocenters. The van der Waals surface area contributed by atoms with Gasteiger partial charge in [0.25, 0.3) is 0 Å². The van der Waals surface area contributed by atoms with Crippen molar-refractivity contribution in [2.75, 3.05) is 0 Å². The largest absolute Gasteiger partial charge is 0.339 e. The van der Waals surface area contributed by atoms with Crippen molar-refractivity contribution < 1.29 is 9.47 Å². The summed E-state index contributed by atoms with van der Waals surface area (Å²) in [6, 6.07) is 19.8. The van der Waals surface area contributed by atoms with Crippen LogP contribution in [-0.4, -0.2) is 11.2 Å². The number of ether oxygens (including phenoxy) is 2. The van der Waals surface area contributed by atoms with E-state index in [4.69, 9.17) is 9.47 Å². The van der Waals surface area contributed by atoms with Crippen LogP contribution in [0.25, 0.3) is 32.3 Å². The summed E-state index contributed by atoms with van der Waals surface area (Å²) in [5.74, 6) is 0. The quantitative estimate of drug-likeness (QED) is 0.388. The standard InChI is InChI=1S/C23H22O2/c1-22(2)23(3,4)25-21(24-22)18-12-16-10-8-14-6-5-7-15-9-11-17(13-18)20(16)19(14)15/h5-13,21H,1-4H3. The van der Waals surface area contributed by atoms with Crippen LogP contribution in [0.4, 0.5) is 0 Å². The minimum atomic E-state index is -0.327. The van der Waals surface area contributed by atoms with Crippen LogP contribution in [0.15, 0.2) is 54.6 Å². The zero-order valence-electron chi connectivity index (χ0n) is 15.1. The number of hydrogen-bond acceptors (Lipinski definition) is 2. The van der Waals surface area contributed by atoms with Gasteiger partial charge in [0, 0.05) is 5.56 Å². The maximum Gasteiger partial charge on any atom is 0.185 e. The molecule has 1 fully saturated rings. The van der Waals surface area contributed by atoms with E-state index in [0.29, 0.717) is 0 Å². The summed E-state index contributed by atoms with van der Waals surface area (Å²) in [5, 5.41) is 7.74. The van der Waals surface area contributed by atoms with E-state index in [-0.39, 0.29) is 17.5 Å². The Morgan fingerprint density at radius 1 is 0.640 bits per heavy atom. The first-order valence-corrected chi connectivity index (χ1v) is 8.89. The van der Waals surface area contributed by atoms with Gasteiger partial charge >= 0.3 is 0 Å². The lowest BCUT2D eigenvalue weighted by molar-refractivity contribution is -0.0894. The molecule has 1 heterocycles. The van der Waals surface area contributed by atoms with Gasteiger partial charge in [-0.15, -0.1) is 0 Å². The van der Waals surface area contributed by atoms with E-state index >= 15 is 0 Å². The van der Waals surface area contributed by atoms with Gasteiger partial charge in [-0.1, -0.05) is 42.5 Å². The van der Waals surface area contributed by atoms with Gasteiger partial charge in [0.05, 0.1) is 11.2 Å². The molecule has 0 saturated carbocycles. The van der Waals surface area contributed by atoms with Crippen molar-refractivity contribution >= 4 is 32.3 Å². The van der Waals surface area contributed by atoms with Crippen LogP contribution in [0, 0.1) is 0 Å². The first-order valence-electron chi connectivity index (χ1n) is 8.89. The van der Waals surface area contributed by atoms with Gasteiger partial charge in [0.15, 0.2) is 6.29 Å². The van der Waals surface area contributed by atoms with E-state index in [1.165, 1.54) is 32.3 Å². The molecule has 4 aromatic rings. The molecule has 0 aromatic heterocycles. The normalized spacial score (nSPS) is 20.2. The van der Waals surface area contributed by atoms with Crippen molar-refractivity contribution in [3.05, 3.63) is 60.2 Å². The van der Waals surface area contributed by atoms with Gasteiger partial charge in [0.2, 0.25) is 0 Å². The molecular weight excluding hydrogens is 308 g/mol. The van der Waals surface area contributed by atoms with Crippen LogP contribution in [0.1, 0.15) is 39.5 Å². The van der Waals surface area contributed by atoms with E-state index in [9.17, 15) is 0 Å². The van der Waals surface area contributed by atoms with Gasteiger partial charge in [-0.25, -0.2) is 0 Å². The Balaban J connectivity index is 1.74. The average molecular weight is 330 g/mol. The molecule has 4 aromatic carbocycles. The topological polar surface area (TPSA) is 18.5 Å². The Morgan fingerprint density at radius 2 is 1.08 bits per heavy atom. The second-order valence-corrected chi connectivity index (χ2v) is 8.14. The monoisotopic (exact) mass is 330 g/mol. The van der Waals surface area contributed by atoms with Crippen molar-refractivity contribution in [1.82, 2.24) is 0 Å². The van der Waals surface area contributed by atoms with E-state index in [1.807, 2.05) is 0 Å². The number of rotatable bonds is 1. The highest BCUT2D eigenvalue weighted by Gasteiger charge is 2.49. The third-order valence-electron chi connectivity index (χ3n) is 6.01. The molecule has 1 saturated heterocycles. The molecule has 0 bridgehead atoms. The predicted octanol–water partition coefficient (Wildman–Crippen LogP) is 6.19. The zero-order valence-corrected chi connectivity index (χ0v) is 15.1. The smallest absolute Gasteiger partial charge is 0.185 e. The van der Waals surface area contributed by atoms with Crippen LogP contribution < -0.4 is 0 Å². The molecule has 25 heavy (non-hydrogen) atoms. The van der Waals surface area contributed by atoms with E-state index in [1.54, 1.807) is 0 Å². The fourth-order valence-electron chi connectivity index (χ4n) is 3.89. The number of hydrogen-bond donors (Lipinski definition) is 0. The Labute approximate surface area is 147 Å². The van der Waals surface area contributed by atoms with E-state index in [0.717, 1.165) is 5.56 Å². The molecule has 126 valence electrons. The SMILES string of the molecule is CC1(C)OC(c2cc3ccc4cccc5ccc(c2)c3c45)OC1(C)C. The minimum absolute atomic E-state index is 0.323. The van der Waals surface area contributed by atoms with Crippen LogP contribution in [0.3, 0.4) is 0 Å². The van der Waals surface area contributed by atoms with Crippen molar-refractivity contribution in [2.24, 2.45) is 0 Å². The van der Waals surface area contributed by atoms with Crippen LogP contribution in [0.2, 0.25) is 0 Å². The van der Waals surface area contributed by atoms with Gasteiger partial charge in [0.1, 0.15) is 0 Å². The molecule has 0 spiro atoms. The highest BCUT2D eigenvalue weighted by molar-refractivity contribution is 6.23. The van der Waals surface area contributed by atoms with Crippen LogP contribution in [0.5, 0.6) is 0 Å². The van der Waals surface area contributed by atoms with Crippen molar-refractivity contribution in [1.29, 1.82) is 0 Å². The minimum Gasteiger partial charge on any atom is -0.339 e. The van der Waals surface area contributed by atoms with Gasteiger partial charge in [-0.3, -0.25) is 0 Å².